The number of aryl methyl sites for hydroxylation is 2. The lowest BCUT2D eigenvalue weighted by Gasteiger charge is -2.15. The van der Waals surface area contributed by atoms with E-state index in [1.807, 2.05) is 31.2 Å². The maximum atomic E-state index is 6.21. The summed E-state index contributed by atoms with van der Waals surface area (Å²) in [6.45, 7) is 5.25. The molecule has 0 aliphatic rings. The fourth-order valence-electron chi connectivity index (χ4n) is 2.76. The summed E-state index contributed by atoms with van der Waals surface area (Å²) in [5, 5.41) is 4.17. The lowest BCUT2D eigenvalue weighted by Crippen LogP contribution is -2.04. The molecule has 0 atom stereocenters. The number of rotatable bonds is 7. The quantitative estimate of drug-likeness (QED) is 0.358. The van der Waals surface area contributed by atoms with Gasteiger partial charge in [0.1, 0.15) is 6.61 Å². The van der Waals surface area contributed by atoms with Crippen molar-refractivity contribution in [3.05, 3.63) is 85.4 Å². The van der Waals surface area contributed by atoms with Crippen LogP contribution in [0.1, 0.15) is 22.3 Å². The molecule has 3 aromatic rings. The van der Waals surface area contributed by atoms with E-state index in [2.05, 4.69) is 65.2 Å². The molecule has 0 saturated carbocycles. The second-order valence-corrected chi connectivity index (χ2v) is 8.27. The van der Waals surface area contributed by atoms with Crippen LogP contribution in [0.25, 0.3) is 0 Å². The van der Waals surface area contributed by atoms with Gasteiger partial charge in [0, 0.05) is 17.3 Å². The van der Waals surface area contributed by atoms with E-state index < -0.39 is 0 Å². The molecule has 5 heteroatoms. The monoisotopic (exact) mass is 507 g/mol. The Balaban J connectivity index is 1.71. The van der Waals surface area contributed by atoms with E-state index in [0.717, 1.165) is 42.5 Å². The Morgan fingerprint density at radius 2 is 1.71 bits per heavy atom. The van der Waals surface area contributed by atoms with E-state index in [4.69, 9.17) is 21.1 Å². The van der Waals surface area contributed by atoms with Crippen LogP contribution in [0.3, 0.4) is 0 Å². The van der Waals surface area contributed by atoms with Gasteiger partial charge in [-0.05, 0) is 77.4 Å². The summed E-state index contributed by atoms with van der Waals surface area (Å²) in [5.74, 6) is 1.50. The Kier molecular flexibility index (Phi) is 7.08. The third-order valence-electron chi connectivity index (χ3n) is 4.46. The van der Waals surface area contributed by atoms with Crippen molar-refractivity contribution in [3.63, 3.8) is 0 Å². The molecular formula is C23H23ClINO2. The summed E-state index contributed by atoms with van der Waals surface area (Å²) in [5.41, 5.74) is 5.54. The number of methoxy groups -OCH3 is 1. The molecule has 28 heavy (non-hydrogen) atoms. The standard InChI is InChI=1S/C23H23ClINO2/c1-15-4-7-17(8-5-15)14-28-23-21(25)10-18(11-22(23)27-3)13-26-19-9-6-16(2)20(24)12-19/h4-12,26H,13-14H2,1-3H3. The second kappa shape index (κ2) is 9.52. The lowest BCUT2D eigenvalue weighted by molar-refractivity contribution is 0.282. The average Bonchev–Trinajstić information content (AvgIpc) is 2.69. The zero-order chi connectivity index (χ0) is 20.1. The summed E-state index contributed by atoms with van der Waals surface area (Å²) in [6.07, 6.45) is 0. The molecule has 0 unspecified atom stereocenters. The van der Waals surface area contributed by atoms with Gasteiger partial charge in [0.15, 0.2) is 11.5 Å². The van der Waals surface area contributed by atoms with Gasteiger partial charge in [-0.1, -0.05) is 47.5 Å². The van der Waals surface area contributed by atoms with Crippen molar-refractivity contribution in [2.24, 2.45) is 0 Å². The van der Waals surface area contributed by atoms with E-state index >= 15 is 0 Å². The van der Waals surface area contributed by atoms with Crippen LogP contribution < -0.4 is 14.8 Å². The van der Waals surface area contributed by atoms with Gasteiger partial charge in [-0.15, -0.1) is 0 Å². The van der Waals surface area contributed by atoms with Gasteiger partial charge in [0.05, 0.1) is 10.7 Å². The highest BCUT2D eigenvalue weighted by atomic mass is 127. The SMILES string of the molecule is COc1cc(CNc2ccc(C)c(Cl)c2)cc(I)c1OCc1ccc(C)cc1. The van der Waals surface area contributed by atoms with E-state index in [-0.39, 0.29) is 0 Å². The number of hydrogen-bond donors (Lipinski definition) is 1. The maximum absolute atomic E-state index is 6.21. The zero-order valence-corrected chi connectivity index (χ0v) is 19.1. The Morgan fingerprint density at radius 3 is 2.39 bits per heavy atom. The number of halogens is 2. The van der Waals surface area contributed by atoms with Crippen LogP contribution in [-0.4, -0.2) is 7.11 Å². The van der Waals surface area contributed by atoms with Crippen molar-refractivity contribution in [1.29, 1.82) is 0 Å². The minimum absolute atomic E-state index is 0.506. The van der Waals surface area contributed by atoms with E-state index in [9.17, 15) is 0 Å². The predicted octanol–water partition coefficient (Wildman–Crippen LogP) is 6.76. The van der Waals surface area contributed by atoms with Crippen LogP contribution in [0, 0.1) is 17.4 Å². The highest BCUT2D eigenvalue weighted by molar-refractivity contribution is 14.1. The largest absolute Gasteiger partial charge is 0.493 e. The molecule has 0 heterocycles. The molecule has 3 aromatic carbocycles. The molecule has 0 spiro atoms. The molecule has 0 saturated heterocycles. The molecule has 0 fully saturated rings. The first-order chi connectivity index (χ1) is 13.5. The van der Waals surface area contributed by atoms with E-state index in [1.165, 1.54) is 5.56 Å². The smallest absolute Gasteiger partial charge is 0.174 e. The van der Waals surface area contributed by atoms with E-state index in [0.29, 0.717) is 13.2 Å². The van der Waals surface area contributed by atoms with Crippen molar-refractivity contribution < 1.29 is 9.47 Å². The molecule has 146 valence electrons. The van der Waals surface area contributed by atoms with Gasteiger partial charge in [-0.25, -0.2) is 0 Å². The minimum Gasteiger partial charge on any atom is -0.493 e. The molecule has 0 bridgehead atoms. The van der Waals surface area contributed by atoms with Crippen molar-refractivity contribution in [2.45, 2.75) is 27.0 Å². The first-order valence-electron chi connectivity index (χ1n) is 9.01. The molecule has 0 aliphatic carbocycles. The third kappa shape index (κ3) is 5.32. The molecular weight excluding hydrogens is 485 g/mol. The predicted molar refractivity (Wildman–Crippen MR) is 125 cm³/mol. The third-order valence-corrected chi connectivity index (χ3v) is 5.67. The van der Waals surface area contributed by atoms with Gasteiger partial charge in [-0.2, -0.15) is 0 Å². The zero-order valence-electron chi connectivity index (χ0n) is 16.2. The van der Waals surface area contributed by atoms with Crippen molar-refractivity contribution >= 4 is 39.9 Å². The van der Waals surface area contributed by atoms with Crippen LogP contribution in [0.2, 0.25) is 5.02 Å². The van der Waals surface area contributed by atoms with Gasteiger partial charge in [0.25, 0.3) is 0 Å². The summed E-state index contributed by atoms with van der Waals surface area (Å²) < 4.78 is 12.7. The van der Waals surface area contributed by atoms with Crippen molar-refractivity contribution in [3.8, 4) is 11.5 Å². The molecule has 3 rings (SSSR count). The van der Waals surface area contributed by atoms with Crippen LogP contribution in [0.4, 0.5) is 5.69 Å². The summed E-state index contributed by atoms with van der Waals surface area (Å²) in [7, 11) is 1.67. The average molecular weight is 508 g/mol. The fourth-order valence-corrected chi connectivity index (χ4v) is 3.76. The summed E-state index contributed by atoms with van der Waals surface area (Å²) in [4.78, 5) is 0. The number of benzene rings is 3. The number of nitrogens with one attached hydrogen (secondary N) is 1. The Morgan fingerprint density at radius 1 is 0.964 bits per heavy atom. The Hall–Kier alpha value is -1.92. The number of hydrogen-bond acceptors (Lipinski definition) is 3. The van der Waals surface area contributed by atoms with Gasteiger partial charge in [-0.3, -0.25) is 0 Å². The summed E-state index contributed by atoms with van der Waals surface area (Å²) >= 11 is 8.50. The van der Waals surface area contributed by atoms with E-state index in [1.54, 1.807) is 7.11 Å². The molecule has 1 N–H and O–H groups in total. The lowest BCUT2D eigenvalue weighted by atomic mass is 10.1. The highest BCUT2D eigenvalue weighted by Gasteiger charge is 2.12. The first kappa shape index (κ1) is 20.8. The topological polar surface area (TPSA) is 30.5 Å². The van der Waals surface area contributed by atoms with Crippen LogP contribution >= 0.6 is 34.2 Å². The van der Waals surface area contributed by atoms with Gasteiger partial charge < -0.3 is 14.8 Å². The Labute approximate surface area is 185 Å². The van der Waals surface area contributed by atoms with Gasteiger partial charge >= 0.3 is 0 Å². The van der Waals surface area contributed by atoms with Crippen LogP contribution in [0.15, 0.2) is 54.6 Å². The Bertz CT molecular complexity index is 958. The highest BCUT2D eigenvalue weighted by Crippen LogP contribution is 2.35. The number of anilines is 1. The molecule has 0 amide bonds. The molecule has 0 aliphatic heterocycles. The van der Waals surface area contributed by atoms with Gasteiger partial charge in [0.2, 0.25) is 0 Å². The van der Waals surface area contributed by atoms with Crippen LogP contribution in [0.5, 0.6) is 11.5 Å². The number of ether oxygens (including phenoxy) is 2. The molecule has 0 aromatic heterocycles. The normalized spacial score (nSPS) is 10.6. The van der Waals surface area contributed by atoms with Crippen LogP contribution in [-0.2, 0) is 13.2 Å². The molecule has 0 radical (unpaired) electrons. The van der Waals surface area contributed by atoms with Crippen molar-refractivity contribution in [1.82, 2.24) is 0 Å². The first-order valence-corrected chi connectivity index (χ1v) is 10.5. The fraction of sp³-hybridized carbons (Fsp3) is 0.217. The summed E-state index contributed by atoms with van der Waals surface area (Å²) in [6, 6.07) is 18.4. The second-order valence-electron chi connectivity index (χ2n) is 6.70. The molecule has 3 nitrogen and oxygen atoms in total. The maximum Gasteiger partial charge on any atom is 0.174 e. The minimum atomic E-state index is 0.506. The van der Waals surface area contributed by atoms with Crippen molar-refractivity contribution in [2.75, 3.05) is 12.4 Å².